The van der Waals surface area contributed by atoms with E-state index < -0.39 is 5.41 Å². The van der Waals surface area contributed by atoms with E-state index in [1.165, 1.54) is 0 Å². The molecule has 0 bridgehead atoms. The summed E-state index contributed by atoms with van der Waals surface area (Å²) in [5, 5.41) is 1.03. The van der Waals surface area contributed by atoms with Gasteiger partial charge in [0.05, 0.1) is 32.0 Å². The van der Waals surface area contributed by atoms with Gasteiger partial charge in [-0.15, -0.1) is 11.3 Å². The highest BCUT2D eigenvalue weighted by atomic mass is 32.1. The third-order valence-corrected chi connectivity index (χ3v) is 4.99. The number of carbonyl (C=O) groups is 1. The SMILES string of the molecule is Cc1nc2cc(N3CCC(C)(C(N)=O)C3)c(N)cc2s1. The molecular weight excluding hydrogens is 272 g/mol. The molecule has 0 radical (unpaired) electrons. The maximum absolute atomic E-state index is 11.6. The highest BCUT2D eigenvalue weighted by Gasteiger charge is 2.39. The van der Waals surface area contributed by atoms with E-state index in [-0.39, 0.29) is 5.91 Å². The fourth-order valence-electron chi connectivity index (χ4n) is 2.74. The summed E-state index contributed by atoms with van der Waals surface area (Å²) in [6.07, 6.45) is 0.760. The summed E-state index contributed by atoms with van der Waals surface area (Å²) < 4.78 is 1.10. The Balaban J connectivity index is 1.99. The van der Waals surface area contributed by atoms with Crippen LogP contribution in [0.3, 0.4) is 0 Å². The first-order valence-corrected chi connectivity index (χ1v) is 7.42. The van der Waals surface area contributed by atoms with Crippen LogP contribution in [-0.2, 0) is 4.79 Å². The number of carbonyl (C=O) groups excluding carboxylic acids is 1. The van der Waals surface area contributed by atoms with Crippen LogP contribution in [0.15, 0.2) is 12.1 Å². The van der Waals surface area contributed by atoms with Crippen LogP contribution in [0.1, 0.15) is 18.4 Å². The van der Waals surface area contributed by atoms with Crippen molar-refractivity contribution in [3.05, 3.63) is 17.1 Å². The van der Waals surface area contributed by atoms with Crippen LogP contribution in [0, 0.1) is 12.3 Å². The molecule has 1 saturated heterocycles. The van der Waals surface area contributed by atoms with E-state index in [1.807, 2.05) is 26.0 Å². The van der Waals surface area contributed by atoms with Crippen molar-refractivity contribution in [3.63, 3.8) is 0 Å². The molecule has 2 aromatic rings. The molecule has 5 nitrogen and oxygen atoms in total. The monoisotopic (exact) mass is 290 g/mol. The summed E-state index contributed by atoms with van der Waals surface area (Å²) in [5.74, 6) is -0.246. The average molecular weight is 290 g/mol. The van der Waals surface area contributed by atoms with Gasteiger partial charge < -0.3 is 16.4 Å². The topological polar surface area (TPSA) is 85.2 Å². The first-order chi connectivity index (χ1) is 9.39. The Kier molecular flexibility index (Phi) is 2.86. The van der Waals surface area contributed by atoms with Crippen LogP contribution in [0.25, 0.3) is 10.2 Å². The van der Waals surface area contributed by atoms with Gasteiger partial charge in [0.15, 0.2) is 0 Å². The highest BCUT2D eigenvalue weighted by molar-refractivity contribution is 7.18. The number of nitrogen functional groups attached to an aromatic ring is 1. The zero-order valence-electron chi connectivity index (χ0n) is 11.6. The molecule has 106 valence electrons. The lowest BCUT2D eigenvalue weighted by Gasteiger charge is -2.23. The summed E-state index contributed by atoms with van der Waals surface area (Å²) in [6, 6.07) is 3.98. The predicted molar refractivity (Wildman–Crippen MR) is 82.9 cm³/mol. The van der Waals surface area contributed by atoms with Crippen molar-refractivity contribution in [1.29, 1.82) is 0 Å². The van der Waals surface area contributed by atoms with Crippen molar-refractivity contribution in [2.45, 2.75) is 20.3 Å². The van der Waals surface area contributed by atoms with E-state index in [9.17, 15) is 4.79 Å². The smallest absolute Gasteiger partial charge is 0.225 e. The average Bonchev–Trinajstić information content (AvgIpc) is 2.91. The fraction of sp³-hybridized carbons (Fsp3) is 0.429. The second-order valence-electron chi connectivity index (χ2n) is 5.71. The number of aryl methyl sites for hydroxylation is 1. The molecular formula is C14H18N4OS. The molecule has 6 heteroatoms. The van der Waals surface area contributed by atoms with Crippen molar-refractivity contribution in [2.24, 2.45) is 11.1 Å². The van der Waals surface area contributed by atoms with Crippen molar-refractivity contribution >= 4 is 38.8 Å². The Morgan fingerprint density at radius 1 is 1.50 bits per heavy atom. The van der Waals surface area contributed by atoms with Gasteiger partial charge in [-0.1, -0.05) is 0 Å². The molecule has 4 N–H and O–H groups in total. The predicted octanol–water partition coefficient (Wildman–Crippen LogP) is 1.89. The lowest BCUT2D eigenvalue weighted by atomic mass is 9.89. The standard InChI is InChI=1S/C14H18N4OS/c1-8-17-10-6-11(9(15)5-12(10)20-8)18-4-3-14(2,7-18)13(16)19/h5-6H,3-4,7,15H2,1-2H3,(H2,16,19). The van der Waals surface area contributed by atoms with Crippen LogP contribution in [-0.4, -0.2) is 24.0 Å². The fourth-order valence-corrected chi connectivity index (χ4v) is 3.59. The zero-order chi connectivity index (χ0) is 14.5. The van der Waals surface area contributed by atoms with Gasteiger partial charge in [-0.25, -0.2) is 4.98 Å². The molecule has 3 rings (SSSR count). The summed E-state index contributed by atoms with van der Waals surface area (Å²) in [7, 11) is 0. The highest BCUT2D eigenvalue weighted by Crippen LogP contribution is 2.38. The van der Waals surface area contributed by atoms with Crippen LogP contribution >= 0.6 is 11.3 Å². The molecule has 1 atom stereocenters. The van der Waals surface area contributed by atoms with E-state index >= 15 is 0 Å². The number of hydrogen-bond acceptors (Lipinski definition) is 5. The van der Waals surface area contributed by atoms with E-state index in [4.69, 9.17) is 11.5 Å². The van der Waals surface area contributed by atoms with Crippen LogP contribution in [0.2, 0.25) is 0 Å². The Hall–Kier alpha value is -1.82. The summed E-state index contributed by atoms with van der Waals surface area (Å²) in [6.45, 7) is 5.30. The van der Waals surface area contributed by atoms with Gasteiger partial charge in [0, 0.05) is 13.1 Å². The minimum Gasteiger partial charge on any atom is -0.397 e. The number of primary amides is 1. The molecule has 0 saturated carbocycles. The summed E-state index contributed by atoms with van der Waals surface area (Å²) >= 11 is 1.64. The second kappa shape index (κ2) is 4.34. The van der Waals surface area contributed by atoms with E-state index in [1.54, 1.807) is 11.3 Å². The van der Waals surface area contributed by atoms with Crippen LogP contribution in [0.5, 0.6) is 0 Å². The van der Waals surface area contributed by atoms with Gasteiger partial charge in [0.25, 0.3) is 0 Å². The molecule has 1 aliphatic heterocycles. The third-order valence-electron chi connectivity index (χ3n) is 4.05. The number of rotatable bonds is 2. The molecule has 1 unspecified atom stereocenters. The quantitative estimate of drug-likeness (QED) is 0.827. The number of thiazole rings is 1. The number of nitrogens with two attached hydrogens (primary N) is 2. The number of benzene rings is 1. The molecule has 1 aromatic carbocycles. The lowest BCUT2D eigenvalue weighted by Crippen LogP contribution is -2.37. The van der Waals surface area contributed by atoms with Gasteiger partial charge in [-0.3, -0.25) is 4.79 Å². The minimum atomic E-state index is -0.473. The Bertz CT molecular complexity index is 696. The maximum Gasteiger partial charge on any atom is 0.225 e. The number of amides is 1. The van der Waals surface area contributed by atoms with Crippen molar-refractivity contribution in [1.82, 2.24) is 4.98 Å². The van der Waals surface area contributed by atoms with E-state index in [0.29, 0.717) is 6.54 Å². The molecule has 0 spiro atoms. The lowest BCUT2D eigenvalue weighted by molar-refractivity contribution is -0.125. The van der Waals surface area contributed by atoms with E-state index in [2.05, 4.69) is 9.88 Å². The van der Waals surface area contributed by atoms with Crippen molar-refractivity contribution in [2.75, 3.05) is 23.7 Å². The molecule has 1 aromatic heterocycles. The Labute approximate surface area is 121 Å². The maximum atomic E-state index is 11.6. The van der Waals surface area contributed by atoms with Gasteiger partial charge in [0.2, 0.25) is 5.91 Å². The Morgan fingerprint density at radius 3 is 2.90 bits per heavy atom. The largest absolute Gasteiger partial charge is 0.397 e. The third kappa shape index (κ3) is 2.00. The van der Waals surface area contributed by atoms with Crippen molar-refractivity contribution < 1.29 is 4.79 Å². The number of fused-ring (bicyclic) bond motifs is 1. The molecule has 20 heavy (non-hydrogen) atoms. The van der Waals surface area contributed by atoms with Gasteiger partial charge >= 0.3 is 0 Å². The minimum absolute atomic E-state index is 0.246. The molecule has 0 aliphatic carbocycles. The van der Waals surface area contributed by atoms with Crippen LogP contribution < -0.4 is 16.4 Å². The zero-order valence-corrected chi connectivity index (χ0v) is 12.5. The first-order valence-electron chi connectivity index (χ1n) is 6.60. The normalized spacial score (nSPS) is 22.6. The van der Waals surface area contributed by atoms with Gasteiger partial charge in [-0.05, 0) is 32.4 Å². The number of hydrogen-bond donors (Lipinski definition) is 2. The Morgan fingerprint density at radius 2 is 2.25 bits per heavy atom. The van der Waals surface area contributed by atoms with Crippen molar-refractivity contribution in [3.8, 4) is 0 Å². The number of aromatic nitrogens is 1. The van der Waals surface area contributed by atoms with Gasteiger partial charge in [0.1, 0.15) is 0 Å². The summed E-state index contributed by atoms with van der Waals surface area (Å²) in [4.78, 5) is 18.2. The number of anilines is 2. The summed E-state index contributed by atoms with van der Waals surface area (Å²) in [5.41, 5.74) is 13.8. The van der Waals surface area contributed by atoms with E-state index in [0.717, 1.165) is 39.6 Å². The van der Waals surface area contributed by atoms with Crippen LogP contribution in [0.4, 0.5) is 11.4 Å². The first kappa shape index (κ1) is 13.2. The molecule has 1 aliphatic rings. The van der Waals surface area contributed by atoms with Gasteiger partial charge in [-0.2, -0.15) is 0 Å². The molecule has 1 fully saturated rings. The molecule has 1 amide bonds. The second-order valence-corrected chi connectivity index (χ2v) is 6.94. The number of nitrogens with zero attached hydrogens (tertiary/aromatic N) is 2. The molecule has 2 heterocycles.